The van der Waals surface area contributed by atoms with Gasteiger partial charge in [0.1, 0.15) is 0 Å². The molecule has 0 bridgehead atoms. The number of hydrogen-bond donors (Lipinski definition) is 3. The average molecular weight is 391 g/mol. The number of fused-ring (bicyclic) bond motifs is 1. The van der Waals surface area contributed by atoms with Crippen LogP contribution in [-0.2, 0) is 12.8 Å². The van der Waals surface area contributed by atoms with Crippen LogP contribution < -0.4 is 10.9 Å². The van der Waals surface area contributed by atoms with E-state index in [0.29, 0.717) is 5.56 Å². The molecule has 0 saturated heterocycles. The van der Waals surface area contributed by atoms with E-state index in [1.165, 1.54) is 0 Å². The minimum absolute atomic E-state index is 0.00927. The number of nitrogens with zero attached hydrogens (tertiary/aromatic N) is 2. The standard InChI is InChI=1S/C22H25N5O2/c1-12(20-13(2)26-27-14(20)3)25-21(28)16-8-15(9-23-10-16)19-11-24-22(29)18-7-5-4-6-17(18)19/h8-12H,4-7H2,1-3H3,(H,24,29)(H,25,28)(H,26,27). The maximum Gasteiger partial charge on any atom is 0.253 e. The predicted octanol–water partition coefficient (Wildman–Crippen LogP) is 3.15. The van der Waals surface area contributed by atoms with Crippen LogP contribution in [0.15, 0.2) is 29.5 Å². The molecule has 0 saturated carbocycles. The summed E-state index contributed by atoms with van der Waals surface area (Å²) >= 11 is 0. The first-order valence-corrected chi connectivity index (χ1v) is 9.97. The van der Waals surface area contributed by atoms with Crippen molar-refractivity contribution in [2.24, 2.45) is 0 Å². The van der Waals surface area contributed by atoms with E-state index in [1.807, 2.05) is 26.8 Å². The fourth-order valence-electron chi connectivity index (χ4n) is 4.28. The first-order chi connectivity index (χ1) is 14.0. The Labute approximate surface area is 169 Å². The van der Waals surface area contributed by atoms with Gasteiger partial charge in [0.05, 0.1) is 17.3 Å². The highest BCUT2D eigenvalue weighted by molar-refractivity contribution is 5.95. The van der Waals surface area contributed by atoms with Crippen LogP contribution in [0.25, 0.3) is 11.1 Å². The number of carbonyl (C=O) groups is 1. The Kier molecular flexibility index (Phi) is 5.05. The second-order valence-electron chi connectivity index (χ2n) is 7.70. The Hall–Kier alpha value is -3.22. The van der Waals surface area contributed by atoms with Crippen LogP contribution in [-0.4, -0.2) is 26.1 Å². The molecule has 0 fully saturated rings. The molecular formula is C22H25N5O2. The average Bonchev–Trinajstić information content (AvgIpc) is 3.06. The predicted molar refractivity (Wildman–Crippen MR) is 111 cm³/mol. The Morgan fingerprint density at radius 3 is 2.66 bits per heavy atom. The van der Waals surface area contributed by atoms with Gasteiger partial charge in [0.2, 0.25) is 0 Å². The van der Waals surface area contributed by atoms with E-state index in [9.17, 15) is 9.59 Å². The van der Waals surface area contributed by atoms with Gasteiger partial charge in [-0.15, -0.1) is 0 Å². The SMILES string of the molecule is Cc1n[nH]c(C)c1C(C)NC(=O)c1cncc(-c2c[nH]c(=O)c3c2CCCC3)c1. The van der Waals surface area contributed by atoms with Gasteiger partial charge < -0.3 is 10.3 Å². The lowest BCUT2D eigenvalue weighted by atomic mass is 9.88. The lowest BCUT2D eigenvalue weighted by molar-refractivity contribution is 0.0939. The second kappa shape index (κ2) is 7.66. The zero-order valence-electron chi connectivity index (χ0n) is 16.9. The highest BCUT2D eigenvalue weighted by Crippen LogP contribution is 2.29. The molecule has 1 unspecified atom stereocenters. The van der Waals surface area contributed by atoms with Gasteiger partial charge in [-0.2, -0.15) is 5.10 Å². The summed E-state index contributed by atoms with van der Waals surface area (Å²) < 4.78 is 0. The van der Waals surface area contributed by atoms with Crippen molar-refractivity contribution in [3.05, 3.63) is 68.7 Å². The van der Waals surface area contributed by atoms with E-state index in [2.05, 4.69) is 25.5 Å². The third-order valence-electron chi connectivity index (χ3n) is 5.69. The molecule has 4 rings (SSSR count). The maximum atomic E-state index is 12.9. The quantitative estimate of drug-likeness (QED) is 0.635. The summed E-state index contributed by atoms with van der Waals surface area (Å²) in [5.74, 6) is -0.190. The molecule has 29 heavy (non-hydrogen) atoms. The zero-order valence-corrected chi connectivity index (χ0v) is 16.9. The number of aryl methyl sites for hydroxylation is 2. The number of carbonyl (C=O) groups excluding carboxylic acids is 1. The van der Waals surface area contributed by atoms with Crippen molar-refractivity contribution >= 4 is 5.91 Å². The lowest BCUT2D eigenvalue weighted by Crippen LogP contribution is -2.27. The summed E-state index contributed by atoms with van der Waals surface area (Å²) in [5, 5.41) is 10.2. The summed E-state index contributed by atoms with van der Waals surface area (Å²) in [6, 6.07) is 1.66. The molecule has 0 aromatic carbocycles. The van der Waals surface area contributed by atoms with Crippen LogP contribution in [0.2, 0.25) is 0 Å². The number of aromatic nitrogens is 4. The van der Waals surface area contributed by atoms with E-state index >= 15 is 0 Å². The number of rotatable bonds is 4. The Morgan fingerprint density at radius 2 is 1.93 bits per heavy atom. The molecule has 150 valence electrons. The molecule has 7 heteroatoms. The van der Waals surface area contributed by atoms with Crippen molar-refractivity contribution < 1.29 is 4.79 Å². The summed E-state index contributed by atoms with van der Waals surface area (Å²) in [6.07, 6.45) is 8.83. The van der Waals surface area contributed by atoms with Crippen LogP contribution >= 0.6 is 0 Å². The zero-order chi connectivity index (χ0) is 20.5. The smallest absolute Gasteiger partial charge is 0.253 e. The minimum Gasteiger partial charge on any atom is -0.345 e. The first kappa shape index (κ1) is 19.1. The van der Waals surface area contributed by atoms with E-state index < -0.39 is 0 Å². The summed E-state index contributed by atoms with van der Waals surface area (Å²) in [5.41, 5.74) is 7.04. The van der Waals surface area contributed by atoms with Crippen molar-refractivity contribution in [2.75, 3.05) is 0 Å². The Bertz CT molecular complexity index is 1110. The van der Waals surface area contributed by atoms with Gasteiger partial charge in [-0.1, -0.05) is 0 Å². The van der Waals surface area contributed by atoms with E-state index in [-0.39, 0.29) is 17.5 Å². The Balaban J connectivity index is 1.63. The molecule has 1 atom stereocenters. The van der Waals surface area contributed by atoms with Gasteiger partial charge in [-0.3, -0.25) is 19.7 Å². The van der Waals surface area contributed by atoms with Crippen LogP contribution in [0.5, 0.6) is 0 Å². The highest BCUT2D eigenvalue weighted by Gasteiger charge is 2.20. The molecule has 3 aromatic rings. The Morgan fingerprint density at radius 1 is 1.17 bits per heavy atom. The van der Waals surface area contributed by atoms with Crippen LogP contribution in [0.3, 0.4) is 0 Å². The minimum atomic E-state index is -0.190. The maximum absolute atomic E-state index is 12.9. The summed E-state index contributed by atoms with van der Waals surface area (Å²) in [7, 11) is 0. The lowest BCUT2D eigenvalue weighted by Gasteiger charge is -2.19. The molecule has 0 radical (unpaired) electrons. The van der Waals surface area contributed by atoms with Crippen molar-refractivity contribution in [3.8, 4) is 11.1 Å². The van der Waals surface area contributed by atoms with Crippen LogP contribution in [0.4, 0.5) is 0 Å². The molecule has 0 aliphatic heterocycles. The molecule has 3 heterocycles. The largest absolute Gasteiger partial charge is 0.345 e. The van der Waals surface area contributed by atoms with E-state index in [1.54, 1.807) is 18.6 Å². The van der Waals surface area contributed by atoms with Gasteiger partial charge in [-0.05, 0) is 58.1 Å². The third kappa shape index (κ3) is 3.60. The number of amides is 1. The highest BCUT2D eigenvalue weighted by atomic mass is 16.1. The summed E-state index contributed by atoms with van der Waals surface area (Å²) in [4.78, 5) is 32.2. The van der Waals surface area contributed by atoms with Gasteiger partial charge in [0.25, 0.3) is 11.5 Å². The van der Waals surface area contributed by atoms with Crippen molar-refractivity contribution in [1.82, 2.24) is 25.5 Å². The molecule has 0 spiro atoms. The van der Waals surface area contributed by atoms with Crippen molar-refractivity contribution in [3.63, 3.8) is 0 Å². The monoisotopic (exact) mass is 391 g/mol. The number of nitrogens with one attached hydrogen (secondary N) is 3. The first-order valence-electron chi connectivity index (χ1n) is 9.97. The van der Waals surface area contributed by atoms with Gasteiger partial charge in [-0.25, -0.2) is 0 Å². The van der Waals surface area contributed by atoms with Gasteiger partial charge >= 0.3 is 0 Å². The van der Waals surface area contributed by atoms with Crippen LogP contribution in [0, 0.1) is 13.8 Å². The normalized spacial score (nSPS) is 14.3. The topological polar surface area (TPSA) is 104 Å². The van der Waals surface area contributed by atoms with Crippen molar-refractivity contribution in [1.29, 1.82) is 0 Å². The number of hydrogen-bond acceptors (Lipinski definition) is 4. The van der Waals surface area contributed by atoms with Crippen molar-refractivity contribution in [2.45, 2.75) is 52.5 Å². The molecule has 3 N–H and O–H groups in total. The fourth-order valence-corrected chi connectivity index (χ4v) is 4.28. The van der Waals surface area contributed by atoms with Gasteiger partial charge in [0.15, 0.2) is 0 Å². The van der Waals surface area contributed by atoms with E-state index in [4.69, 9.17) is 0 Å². The molecule has 1 amide bonds. The molecule has 1 aliphatic rings. The van der Waals surface area contributed by atoms with Crippen LogP contribution in [0.1, 0.15) is 64.2 Å². The molecule has 1 aliphatic carbocycles. The third-order valence-corrected chi connectivity index (χ3v) is 5.69. The molecule has 7 nitrogen and oxygen atoms in total. The second-order valence-corrected chi connectivity index (χ2v) is 7.70. The summed E-state index contributed by atoms with van der Waals surface area (Å²) in [6.45, 7) is 5.81. The number of H-pyrrole nitrogens is 2. The van der Waals surface area contributed by atoms with E-state index in [0.717, 1.165) is 64.9 Å². The number of pyridine rings is 2. The molecular weight excluding hydrogens is 366 g/mol. The molecule has 3 aromatic heterocycles. The number of aromatic amines is 2. The fraction of sp³-hybridized carbons (Fsp3) is 0.364. The van der Waals surface area contributed by atoms with Gasteiger partial charge in [0, 0.05) is 46.5 Å².